The van der Waals surface area contributed by atoms with Gasteiger partial charge in [0.25, 0.3) is 0 Å². The van der Waals surface area contributed by atoms with Crippen LogP contribution in [0.1, 0.15) is 32.3 Å². The Hall–Kier alpha value is -1.32. The first-order valence-electron chi connectivity index (χ1n) is 7.14. The first-order chi connectivity index (χ1) is 9.25. The molecule has 0 saturated carbocycles. The number of aromatic amines is 1. The average Bonchev–Trinajstić information content (AvgIpc) is 2.84. The van der Waals surface area contributed by atoms with Crippen LogP contribution in [0.3, 0.4) is 0 Å². The Balaban J connectivity index is 1.62. The topological polar surface area (TPSA) is 37.0 Å². The third-order valence-electron chi connectivity index (χ3n) is 3.15. The van der Waals surface area contributed by atoms with Gasteiger partial charge in [0.2, 0.25) is 0 Å². The fraction of sp³-hybridized carbons (Fsp3) is 0.500. The van der Waals surface area contributed by atoms with Crippen LogP contribution in [-0.4, -0.2) is 24.2 Å². The lowest BCUT2D eigenvalue weighted by Crippen LogP contribution is -2.15. The number of rotatable bonds is 8. The van der Waals surface area contributed by atoms with Crippen LogP contribution in [0.25, 0.3) is 10.9 Å². The molecule has 0 aliphatic heterocycles. The summed E-state index contributed by atoms with van der Waals surface area (Å²) in [6.45, 7) is 7.00. The highest BCUT2D eigenvalue weighted by Crippen LogP contribution is 2.13. The van der Waals surface area contributed by atoms with Crippen molar-refractivity contribution in [3.63, 3.8) is 0 Å². The van der Waals surface area contributed by atoms with E-state index < -0.39 is 0 Å². The minimum absolute atomic E-state index is 0.348. The molecule has 0 saturated heterocycles. The molecule has 2 rings (SSSR count). The summed E-state index contributed by atoms with van der Waals surface area (Å²) in [6.07, 6.45) is 4.62. The zero-order valence-electron chi connectivity index (χ0n) is 11.9. The SMILES string of the molecule is CC(C)OCCCCNCc1ccc2cc[nH]c2c1. The van der Waals surface area contributed by atoms with E-state index in [4.69, 9.17) is 4.74 Å². The summed E-state index contributed by atoms with van der Waals surface area (Å²) >= 11 is 0. The van der Waals surface area contributed by atoms with Gasteiger partial charge in [-0.1, -0.05) is 12.1 Å². The highest BCUT2D eigenvalue weighted by atomic mass is 16.5. The van der Waals surface area contributed by atoms with Gasteiger partial charge in [-0.2, -0.15) is 0 Å². The van der Waals surface area contributed by atoms with Crippen LogP contribution >= 0.6 is 0 Å². The first kappa shape index (κ1) is 14.1. The second-order valence-corrected chi connectivity index (χ2v) is 5.20. The molecule has 104 valence electrons. The second-order valence-electron chi connectivity index (χ2n) is 5.20. The van der Waals surface area contributed by atoms with Crippen LogP contribution in [0, 0.1) is 0 Å². The lowest BCUT2D eigenvalue weighted by Gasteiger charge is -2.08. The Bertz CT molecular complexity index is 490. The number of ether oxygens (including phenoxy) is 1. The summed E-state index contributed by atoms with van der Waals surface area (Å²) in [4.78, 5) is 3.24. The van der Waals surface area contributed by atoms with Crippen LogP contribution < -0.4 is 5.32 Å². The number of hydrogen-bond donors (Lipinski definition) is 2. The zero-order chi connectivity index (χ0) is 13.5. The van der Waals surface area contributed by atoms with E-state index in [0.29, 0.717) is 6.10 Å². The van der Waals surface area contributed by atoms with Crippen molar-refractivity contribution >= 4 is 10.9 Å². The summed E-state index contributed by atoms with van der Waals surface area (Å²) in [7, 11) is 0. The largest absolute Gasteiger partial charge is 0.379 e. The van der Waals surface area contributed by atoms with E-state index in [1.165, 1.54) is 16.5 Å². The predicted octanol–water partition coefficient (Wildman–Crippen LogP) is 3.46. The fourth-order valence-electron chi connectivity index (χ4n) is 2.11. The van der Waals surface area contributed by atoms with Crippen LogP contribution in [0.4, 0.5) is 0 Å². The molecule has 1 aromatic carbocycles. The molecule has 2 N–H and O–H groups in total. The van der Waals surface area contributed by atoms with Crippen molar-refractivity contribution in [1.82, 2.24) is 10.3 Å². The van der Waals surface area contributed by atoms with Crippen molar-refractivity contribution in [2.75, 3.05) is 13.2 Å². The molecular weight excluding hydrogens is 236 g/mol. The molecule has 2 aromatic rings. The van der Waals surface area contributed by atoms with Crippen LogP contribution in [0.15, 0.2) is 30.5 Å². The maximum absolute atomic E-state index is 5.51. The molecule has 0 unspecified atom stereocenters. The summed E-state index contributed by atoms with van der Waals surface area (Å²) in [5, 5.41) is 4.75. The van der Waals surface area contributed by atoms with Gasteiger partial charge in [-0.15, -0.1) is 0 Å². The van der Waals surface area contributed by atoms with E-state index in [0.717, 1.165) is 32.5 Å². The molecule has 0 atom stereocenters. The summed E-state index contributed by atoms with van der Waals surface area (Å²) in [5.41, 5.74) is 2.54. The third kappa shape index (κ3) is 4.69. The number of nitrogens with one attached hydrogen (secondary N) is 2. The number of benzene rings is 1. The predicted molar refractivity (Wildman–Crippen MR) is 80.3 cm³/mol. The van der Waals surface area contributed by atoms with Crippen molar-refractivity contribution in [3.05, 3.63) is 36.0 Å². The van der Waals surface area contributed by atoms with E-state index in [2.05, 4.69) is 48.4 Å². The molecule has 19 heavy (non-hydrogen) atoms. The van der Waals surface area contributed by atoms with E-state index in [1.807, 2.05) is 6.20 Å². The van der Waals surface area contributed by atoms with Gasteiger partial charge in [-0.25, -0.2) is 0 Å². The molecule has 0 fully saturated rings. The lowest BCUT2D eigenvalue weighted by atomic mass is 10.1. The molecule has 0 amide bonds. The van der Waals surface area contributed by atoms with Crippen molar-refractivity contribution in [3.8, 4) is 0 Å². The van der Waals surface area contributed by atoms with Gasteiger partial charge in [-0.05, 0) is 56.3 Å². The van der Waals surface area contributed by atoms with Crippen LogP contribution in [-0.2, 0) is 11.3 Å². The minimum Gasteiger partial charge on any atom is -0.379 e. The number of unbranched alkanes of at least 4 members (excludes halogenated alkanes) is 1. The van der Waals surface area contributed by atoms with Gasteiger partial charge < -0.3 is 15.0 Å². The number of H-pyrrole nitrogens is 1. The molecule has 0 bridgehead atoms. The summed E-state index contributed by atoms with van der Waals surface area (Å²) in [6, 6.07) is 8.66. The maximum atomic E-state index is 5.51. The van der Waals surface area contributed by atoms with Gasteiger partial charge in [0.1, 0.15) is 0 Å². The normalized spacial score (nSPS) is 11.5. The molecule has 0 aliphatic carbocycles. The Kier molecular flexibility index (Phi) is 5.43. The van der Waals surface area contributed by atoms with E-state index in [1.54, 1.807) is 0 Å². The number of aromatic nitrogens is 1. The van der Waals surface area contributed by atoms with E-state index >= 15 is 0 Å². The molecule has 1 aromatic heterocycles. The third-order valence-corrected chi connectivity index (χ3v) is 3.15. The van der Waals surface area contributed by atoms with Crippen LogP contribution in [0.5, 0.6) is 0 Å². The Labute approximate surface area is 115 Å². The van der Waals surface area contributed by atoms with Crippen molar-refractivity contribution in [2.24, 2.45) is 0 Å². The van der Waals surface area contributed by atoms with Crippen molar-refractivity contribution in [1.29, 1.82) is 0 Å². The maximum Gasteiger partial charge on any atom is 0.0518 e. The monoisotopic (exact) mass is 260 g/mol. The number of hydrogen-bond acceptors (Lipinski definition) is 2. The molecule has 3 nitrogen and oxygen atoms in total. The quantitative estimate of drug-likeness (QED) is 0.713. The molecule has 1 heterocycles. The van der Waals surface area contributed by atoms with Gasteiger partial charge in [0, 0.05) is 24.9 Å². The van der Waals surface area contributed by atoms with E-state index in [9.17, 15) is 0 Å². The average molecular weight is 260 g/mol. The van der Waals surface area contributed by atoms with Crippen molar-refractivity contribution in [2.45, 2.75) is 39.3 Å². The fourth-order valence-corrected chi connectivity index (χ4v) is 2.11. The standard InChI is InChI=1S/C16H24N2O/c1-13(2)19-10-4-3-8-17-12-14-5-6-15-7-9-18-16(15)11-14/h5-7,9,11,13,17-18H,3-4,8,10,12H2,1-2H3. The smallest absolute Gasteiger partial charge is 0.0518 e. The first-order valence-corrected chi connectivity index (χ1v) is 7.14. The highest BCUT2D eigenvalue weighted by molar-refractivity contribution is 5.79. The Morgan fingerprint density at radius 2 is 2.11 bits per heavy atom. The molecule has 0 aliphatic rings. The zero-order valence-corrected chi connectivity index (χ0v) is 11.9. The van der Waals surface area contributed by atoms with Crippen molar-refractivity contribution < 1.29 is 4.74 Å². The summed E-state index contributed by atoms with van der Waals surface area (Å²) in [5.74, 6) is 0. The minimum atomic E-state index is 0.348. The lowest BCUT2D eigenvalue weighted by molar-refractivity contribution is 0.0760. The van der Waals surface area contributed by atoms with Gasteiger partial charge >= 0.3 is 0 Å². The Morgan fingerprint density at radius 3 is 2.95 bits per heavy atom. The van der Waals surface area contributed by atoms with Gasteiger partial charge in [0.05, 0.1) is 6.10 Å². The van der Waals surface area contributed by atoms with E-state index in [-0.39, 0.29) is 0 Å². The van der Waals surface area contributed by atoms with Gasteiger partial charge in [0.15, 0.2) is 0 Å². The summed E-state index contributed by atoms with van der Waals surface area (Å²) < 4.78 is 5.51. The molecule has 0 radical (unpaired) electrons. The van der Waals surface area contributed by atoms with Crippen LogP contribution in [0.2, 0.25) is 0 Å². The molecular formula is C16H24N2O. The second kappa shape index (κ2) is 7.31. The molecule has 3 heteroatoms. The Morgan fingerprint density at radius 1 is 1.21 bits per heavy atom. The molecule has 0 spiro atoms. The number of fused-ring (bicyclic) bond motifs is 1. The van der Waals surface area contributed by atoms with Gasteiger partial charge in [-0.3, -0.25) is 0 Å². The highest BCUT2D eigenvalue weighted by Gasteiger charge is 1.97.